The molecule has 6 heteroatoms. The van der Waals surface area contributed by atoms with Crippen LogP contribution in [0.25, 0.3) is 11.4 Å². The van der Waals surface area contributed by atoms with Gasteiger partial charge in [0.05, 0.1) is 0 Å². The van der Waals surface area contributed by atoms with Crippen LogP contribution in [0.5, 0.6) is 0 Å². The molecule has 0 saturated carbocycles. The second-order valence-corrected chi connectivity index (χ2v) is 7.35. The summed E-state index contributed by atoms with van der Waals surface area (Å²) < 4.78 is 5.59. The summed E-state index contributed by atoms with van der Waals surface area (Å²) in [4.78, 5) is 19.4. The van der Waals surface area contributed by atoms with Crippen LogP contribution in [0.4, 0.5) is 4.79 Å². The maximum Gasteiger partial charge on any atom is 0.318 e. The Morgan fingerprint density at radius 3 is 2.59 bits per heavy atom. The van der Waals surface area contributed by atoms with Gasteiger partial charge in [-0.15, -0.1) is 0 Å². The number of likely N-dealkylation sites (tertiary alicyclic amines) is 1. The highest BCUT2D eigenvalue weighted by atomic mass is 16.5. The standard InChI is InChI=1S/C23H26N4O2/c28-23(24-16-15-18-10-4-1-5-11-18)27-17-9-3-8-14-20(27)22-25-21(26-29-22)19-12-6-2-7-13-19/h1-2,4-7,10-13,20H,3,8-9,14-17H2,(H,24,28). The summed E-state index contributed by atoms with van der Waals surface area (Å²) >= 11 is 0. The molecule has 2 heterocycles. The number of amides is 2. The van der Waals surface area contributed by atoms with Gasteiger partial charge in [0, 0.05) is 18.7 Å². The van der Waals surface area contributed by atoms with Gasteiger partial charge in [-0.25, -0.2) is 4.79 Å². The van der Waals surface area contributed by atoms with Gasteiger partial charge in [0.15, 0.2) is 0 Å². The van der Waals surface area contributed by atoms with Gasteiger partial charge in [-0.1, -0.05) is 78.7 Å². The van der Waals surface area contributed by atoms with E-state index >= 15 is 0 Å². The smallest absolute Gasteiger partial charge is 0.318 e. The third-order valence-corrected chi connectivity index (χ3v) is 5.31. The Hall–Kier alpha value is -3.15. The number of benzene rings is 2. The summed E-state index contributed by atoms with van der Waals surface area (Å²) in [6.07, 6.45) is 4.78. The fourth-order valence-electron chi connectivity index (χ4n) is 3.74. The lowest BCUT2D eigenvalue weighted by molar-refractivity contribution is 0.159. The van der Waals surface area contributed by atoms with Crippen molar-refractivity contribution in [2.75, 3.05) is 13.1 Å². The van der Waals surface area contributed by atoms with Crippen LogP contribution in [0.15, 0.2) is 65.2 Å². The van der Waals surface area contributed by atoms with Gasteiger partial charge >= 0.3 is 6.03 Å². The Morgan fingerprint density at radius 2 is 1.79 bits per heavy atom. The van der Waals surface area contributed by atoms with Gasteiger partial charge in [-0.3, -0.25) is 0 Å². The van der Waals surface area contributed by atoms with Crippen molar-refractivity contribution in [3.8, 4) is 11.4 Å². The number of aromatic nitrogens is 2. The van der Waals surface area contributed by atoms with Gasteiger partial charge in [0.2, 0.25) is 11.7 Å². The van der Waals surface area contributed by atoms with E-state index in [0.29, 0.717) is 24.8 Å². The molecular weight excluding hydrogens is 364 g/mol. The van der Waals surface area contributed by atoms with E-state index in [-0.39, 0.29) is 12.1 Å². The molecule has 1 saturated heterocycles. The van der Waals surface area contributed by atoms with Crippen molar-refractivity contribution in [2.24, 2.45) is 0 Å². The van der Waals surface area contributed by atoms with Crippen molar-refractivity contribution in [1.82, 2.24) is 20.4 Å². The van der Waals surface area contributed by atoms with E-state index in [1.165, 1.54) is 5.56 Å². The monoisotopic (exact) mass is 390 g/mol. The second kappa shape index (κ2) is 9.37. The molecule has 0 aliphatic carbocycles. The third-order valence-electron chi connectivity index (χ3n) is 5.31. The predicted octanol–water partition coefficient (Wildman–Crippen LogP) is 4.61. The number of rotatable bonds is 5. The molecule has 2 amide bonds. The molecule has 3 aromatic rings. The van der Waals surface area contributed by atoms with Gasteiger partial charge < -0.3 is 14.7 Å². The van der Waals surface area contributed by atoms with Gasteiger partial charge in [-0.2, -0.15) is 4.98 Å². The van der Waals surface area contributed by atoms with Crippen molar-refractivity contribution in [3.63, 3.8) is 0 Å². The molecule has 29 heavy (non-hydrogen) atoms. The average molecular weight is 390 g/mol. The molecule has 1 aromatic heterocycles. The summed E-state index contributed by atoms with van der Waals surface area (Å²) in [6, 6.07) is 19.7. The largest absolute Gasteiger partial charge is 0.338 e. The minimum Gasteiger partial charge on any atom is -0.338 e. The predicted molar refractivity (Wildman–Crippen MR) is 111 cm³/mol. The number of carbonyl (C=O) groups is 1. The van der Waals surface area contributed by atoms with Crippen LogP contribution in [0, 0.1) is 0 Å². The number of carbonyl (C=O) groups excluding carboxylic acids is 1. The van der Waals surface area contributed by atoms with E-state index in [4.69, 9.17) is 4.52 Å². The molecular formula is C23H26N4O2. The Morgan fingerprint density at radius 1 is 1.03 bits per heavy atom. The highest BCUT2D eigenvalue weighted by molar-refractivity contribution is 5.74. The van der Waals surface area contributed by atoms with E-state index in [1.54, 1.807) is 0 Å². The van der Waals surface area contributed by atoms with Crippen LogP contribution in [0.2, 0.25) is 0 Å². The zero-order chi connectivity index (χ0) is 19.9. The Kier molecular flexibility index (Phi) is 6.19. The van der Waals surface area contributed by atoms with Crippen molar-refractivity contribution < 1.29 is 9.32 Å². The topological polar surface area (TPSA) is 71.3 Å². The first-order chi connectivity index (χ1) is 14.3. The molecule has 1 atom stereocenters. The van der Waals surface area contributed by atoms with Gasteiger partial charge in [0.25, 0.3) is 0 Å². The summed E-state index contributed by atoms with van der Waals surface area (Å²) in [6.45, 7) is 1.30. The zero-order valence-corrected chi connectivity index (χ0v) is 16.5. The number of hydrogen-bond donors (Lipinski definition) is 1. The van der Waals surface area contributed by atoms with Crippen LogP contribution in [-0.4, -0.2) is 34.2 Å². The maximum atomic E-state index is 12.9. The summed E-state index contributed by atoms with van der Waals surface area (Å²) in [5, 5.41) is 7.21. The minimum atomic E-state index is -0.181. The number of nitrogens with one attached hydrogen (secondary N) is 1. The third kappa shape index (κ3) is 4.83. The SMILES string of the molecule is O=C(NCCc1ccccc1)N1CCCCCC1c1nc(-c2ccccc2)no1. The van der Waals surface area contributed by atoms with Crippen molar-refractivity contribution in [1.29, 1.82) is 0 Å². The molecule has 1 fully saturated rings. The normalized spacial score (nSPS) is 17.0. The van der Waals surface area contributed by atoms with Gasteiger partial charge in [0.1, 0.15) is 6.04 Å². The molecule has 0 spiro atoms. The van der Waals surface area contributed by atoms with E-state index in [2.05, 4.69) is 27.6 Å². The average Bonchev–Trinajstić information content (AvgIpc) is 3.13. The lowest BCUT2D eigenvalue weighted by atomic mass is 10.1. The summed E-state index contributed by atoms with van der Waals surface area (Å²) in [5.41, 5.74) is 2.12. The van der Waals surface area contributed by atoms with Crippen molar-refractivity contribution in [3.05, 3.63) is 72.1 Å². The summed E-state index contributed by atoms with van der Waals surface area (Å²) in [7, 11) is 0. The molecule has 4 rings (SSSR count). The molecule has 150 valence electrons. The van der Waals surface area contributed by atoms with Crippen LogP contribution in [0.3, 0.4) is 0 Å². The molecule has 1 aliphatic rings. The molecule has 2 aromatic carbocycles. The lowest BCUT2D eigenvalue weighted by Gasteiger charge is -2.27. The first-order valence-electron chi connectivity index (χ1n) is 10.3. The van der Waals surface area contributed by atoms with Crippen LogP contribution < -0.4 is 5.32 Å². The Bertz CT molecular complexity index is 911. The molecule has 1 N–H and O–H groups in total. The minimum absolute atomic E-state index is 0.0627. The summed E-state index contributed by atoms with van der Waals surface area (Å²) in [5.74, 6) is 1.08. The van der Waals surface area contributed by atoms with Crippen LogP contribution in [0.1, 0.15) is 43.2 Å². The zero-order valence-electron chi connectivity index (χ0n) is 16.5. The van der Waals surface area contributed by atoms with Crippen molar-refractivity contribution in [2.45, 2.75) is 38.1 Å². The van der Waals surface area contributed by atoms with E-state index in [1.807, 2.05) is 53.4 Å². The van der Waals surface area contributed by atoms with E-state index in [9.17, 15) is 4.79 Å². The first-order valence-corrected chi connectivity index (χ1v) is 10.3. The highest BCUT2D eigenvalue weighted by Crippen LogP contribution is 2.30. The molecule has 1 aliphatic heterocycles. The van der Waals surface area contributed by atoms with E-state index in [0.717, 1.165) is 37.7 Å². The number of hydrogen-bond acceptors (Lipinski definition) is 4. The number of urea groups is 1. The van der Waals surface area contributed by atoms with Crippen LogP contribution in [-0.2, 0) is 6.42 Å². The molecule has 1 unspecified atom stereocenters. The fourth-order valence-corrected chi connectivity index (χ4v) is 3.74. The quantitative estimate of drug-likeness (QED) is 0.691. The molecule has 0 radical (unpaired) electrons. The fraction of sp³-hybridized carbons (Fsp3) is 0.348. The lowest BCUT2D eigenvalue weighted by Crippen LogP contribution is -2.43. The first kappa shape index (κ1) is 19.2. The molecule has 6 nitrogen and oxygen atoms in total. The van der Waals surface area contributed by atoms with Gasteiger partial charge in [-0.05, 0) is 24.8 Å². The Labute approximate surface area is 170 Å². The maximum absolute atomic E-state index is 12.9. The van der Waals surface area contributed by atoms with E-state index < -0.39 is 0 Å². The van der Waals surface area contributed by atoms with Crippen LogP contribution >= 0.6 is 0 Å². The number of nitrogens with zero attached hydrogens (tertiary/aromatic N) is 3. The van der Waals surface area contributed by atoms with Crippen molar-refractivity contribution >= 4 is 6.03 Å². The second-order valence-electron chi connectivity index (χ2n) is 7.35. The highest BCUT2D eigenvalue weighted by Gasteiger charge is 2.31. The Balaban J connectivity index is 1.44. The molecule has 0 bridgehead atoms.